The minimum absolute atomic E-state index is 0. The third-order valence-corrected chi connectivity index (χ3v) is 5.88. The molecule has 4 rings (SSSR count). The zero-order chi connectivity index (χ0) is 21.8. The summed E-state index contributed by atoms with van der Waals surface area (Å²) in [5.41, 5.74) is 1.88. The molecule has 1 aromatic heterocycles. The van der Waals surface area contributed by atoms with Gasteiger partial charge in [0, 0.05) is 38.1 Å². The largest absolute Gasteiger partial charge is 0.494 e. The average molecular weight is 440 g/mol. The van der Waals surface area contributed by atoms with E-state index >= 15 is 0 Å². The summed E-state index contributed by atoms with van der Waals surface area (Å²) in [6.45, 7) is 0.656. The van der Waals surface area contributed by atoms with Crippen LogP contribution in [0.4, 0.5) is 16.2 Å². The molecule has 0 bridgehead atoms. The molecule has 0 saturated heterocycles. The first-order valence-corrected chi connectivity index (χ1v) is 10.8. The fraction of sp³-hybridized carbons (Fsp3) is 0.440. The highest BCUT2D eigenvalue weighted by atomic mass is 19.1. The normalized spacial score (nSPS) is 18.1. The Balaban J connectivity index is 0.00000289. The quantitative estimate of drug-likeness (QED) is 0.541. The van der Waals surface area contributed by atoms with Crippen molar-refractivity contribution in [2.45, 2.75) is 51.7 Å². The molecule has 1 aliphatic rings. The second kappa shape index (κ2) is 10.6. The lowest BCUT2D eigenvalue weighted by atomic mass is 9.91. The van der Waals surface area contributed by atoms with Crippen LogP contribution < -0.4 is 20.3 Å². The minimum atomic E-state index is -0.317. The van der Waals surface area contributed by atoms with E-state index in [0.717, 1.165) is 48.0 Å². The van der Waals surface area contributed by atoms with Crippen LogP contribution in [-0.2, 0) is 6.54 Å². The van der Waals surface area contributed by atoms with Crippen molar-refractivity contribution < 1.29 is 9.13 Å². The number of hydrogen-bond donors (Lipinski definition) is 2. The molecular formula is C25H34FN5O. The van der Waals surface area contributed by atoms with E-state index in [1.807, 2.05) is 43.3 Å². The first-order valence-electron chi connectivity index (χ1n) is 10.8. The summed E-state index contributed by atoms with van der Waals surface area (Å²) in [6, 6.07) is 14.0. The van der Waals surface area contributed by atoms with E-state index in [0.29, 0.717) is 24.6 Å². The van der Waals surface area contributed by atoms with Crippen molar-refractivity contribution >= 4 is 22.7 Å². The zero-order valence-corrected chi connectivity index (χ0v) is 18.4. The minimum Gasteiger partial charge on any atom is -0.494 e. The highest BCUT2D eigenvalue weighted by Gasteiger charge is 2.22. The van der Waals surface area contributed by atoms with Crippen molar-refractivity contribution in [3.05, 3.63) is 53.8 Å². The van der Waals surface area contributed by atoms with Crippen LogP contribution in [0.3, 0.4) is 0 Å². The van der Waals surface area contributed by atoms with Crippen LogP contribution in [-0.4, -0.2) is 43.3 Å². The fourth-order valence-corrected chi connectivity index (χ4v) is 4.17. The molecule has 1 fully saturated rings. The molecule has 2 N–H and O–H groups in total. The van der Waals surface area contributed by atoms with Gasteiger partial charge < -0.3 is 20.3 Å². The van der Waals surface area contributed by atoms with Crippen LogP contribution in [0, 0.1) is 5.82 Å². The van der Waals surface area contributed by atoms with Gasteiger partial charge in [0.1, 0.15) is 5.82 Å². The molecule has 0 aliphatic heterocycles. The molecule has 0 unspecified atom stereocenters. The zero-order valence-electron chi connectivity index (χ0n) is 18.4. The van der Waals surface area contributed by atoms with Crippen LogP contribution in [0.5, 0.6) is 5.75 Å². The predicted molar refractivity (Wildman–Crippen MR) is 130 cm³/mol. The van der Waals surface area contributed by atoms with Gasteiger partial charge in [-0.25, -0.2) is 9.37 Å². The lowest BCUT2D eigenvalue weighted by molar-refractivity contribution is 0.351. The number of anilines is 2. The van der Waals surface area contributed by atoms with Crippen LogP contribution in [0.2, 0.25) is 0 Å². The van der Waals surface area contributed by atoms with Gasteiger partial charge in [-0.3, -0.25) is 0 Å². The van der Waals surface area contributed by atoms with Crippen LogP contribution >= 0.6 is 0 Å². The summed E-state index contributed by atoms with van der Waals surface area (Å²) < 4.78 is 18.9. The number of hydrogen-bond acceptors (Lipinski definition) is 6. The lowest BCUT2D eigenvalue weighted by Gasteiger charge is -2.30. The monoisotopic (exact) mass is 439 g/mol. The summed E-state index contributed by atoms with van der Waals surface area (Å²) >= 11 is 0. The number of nitrogens with zero attached hydrogens (tertiary/aromatic N) is 3. The van der Waals surface area contributed by atoms with E-state index in [-0.39, 0.29) is 19.0 Å². The molecule has 6 nitrogen and oxygen atoms in total. The number of methoxy groups -OCH3 is 1. The van der Waals surface area contributed by atoms with Crippen molar-refractivity contribution in [3.8, 4) is 5.75 Å². The number of nitrogens with one attached hydrogen (secondary N) is 2. The second-order valence-corrected chi connectivity index (χ2v) is 8.33. The smallest absolute Gasteiger partial charge is 0.225 e. The van der Waals surface area contributed by atoms with Crippen molar-refractivity contribution in [2.24, 2.45) is 0 Å². The number of rotatable bonds is 7. The molecule has 0 radical (unpaired) electrons. The highest BCUT2D eigenvalue weighted by Crippen LogP contribution is 2.26. The van der Waals surface area contributed by atoms with Crippen molar-refractivity contribution in [1.29, 1.82) is 0 Å². The van der Waals surface area contributed by atoms with Gasteiger partial charge in [-0.15, -0.1) is 0 Å². The molecule has 1 heterocycles. The number of para-hydroxylation sites is 1. The van der Waals surface area contributed by atoms with Gasteiger partial charge >= 0.3 is 0 Å². The van der Waals surface area contributed by atoms with Gasteiger partial charge in [0.15, 0.2) is 11.6 Å². The van der Waals surface area contributed by atoms with E-state index in [2.05, 4.69) is 16.7 Å². The third-order valence-electron chi connectivity index (χ3n) is 5.88. The molecule has 0 amide bonds. The molecule has 7 heteroatoms. The molecular weight excluding hydrogens is 405 g/mol. The first kappa shape index (κ1) is 23.7. The maximum atomic E-state index is 13.9. The fourth-order valence-electron chi connectivity index (χ4n) is 4.17. The third kappa shape index (κ3) is 5.46. The standard InChI is InChI=1S/C24H30FN5O.CH4/c1-30(2)23-19-6-4-5-7-21(19)28-24(29-23)27-18-11-9-17(10-12-18)26-15-16-8-13-22(31-3)20(25)14-16;/h4-8,13-14,17-18,26H,9-12,15H2,1-3H3,(H,27,28,29);1H4. The molecule has 1 saturated carbocycles. The highest BCUT2D eigenvalue weighted by molar-refractivity contribution is 5.90. The number of ether oxygens (including phenoxy) is 1. The summed E-state index contributed by atoms with van der Waals surface area (Å²) in [5.74, 6) is 1.58. The maximum absolute atomic E-state index is 13.9. The van der Waals surface area contributed by atoms with Crippen LogP contribution in [0.25, 0.3) is 10.9 Å². The molecule has 32 heavy (non-hydrogen) atoms. The summed E-state index contributed by atoms with van der Waals surface area (Å²) in [6.07, 6.45) is 4.21. The lowest BCUT2D eigenvalue weighted by Crippen LogP contribution is -2.37. The number of fused-ring (bicyclic) bond motifs is 1. The van der Waals surface area contributed by atoms with Gasteiger partial charge in [0.2, 0.25) is 5.95 Å². The SMILES string of the molecule is C.COc1ccc(CNC2CCC(Nc3nc(N(C)C)c4ccccc4n3)CC2)cc1F. The topological polar surface area (TPSA) is 62.3 Å². The van der Waals surface area contributed by atoms with Gasteiger partial charge in [0.05, 0.1) is 12.6 Å². The Morgan fingerprint density at radius 3 is 2.44 bits per heavy atom. The van der Waals surface area contributed by atoms with Gasteiger partial charge in [0.25, 0.3) is 0 Å². The summed E-state index contributed by atoms with van der Waals surface area (Å²) in [5, 5.41) is 8.16. The number of aromatic nitrogens is 2. The Kier molecular flexibility index (Phi) is 7.85. The van der Waals surface area contributed by atoms with E-state index < -0.39 is 0 Å². The van der Waals surface area contributed by atoms with E-state index in [4.69, 9.17) is 14.7 Å². The molecule has 0 spiro atoms. The summed E-state index contributed by atoms with van der Waals surface area (Å²) in [4.78, 5) is 11.5. The van der Waals surface area contributed by atoms with Gasteiger partial charge in [-0.05, 0) is 55.5 Å². The Morgan fingerprint density at radius 1 is 1.03 bits per heavy atom. The molecule has 1 aliphatic carbocycles. The predicted octanol–water partition coefficient (Wildman–Crippen LogP) is 4.99. The Bertz CT molecular complexity index is 1030. The maximum Gasteiger partial charge on any atom is 0.225 e. The molecule has 172 valence electrons. The van der Waals surface area contributed by atoms with Crippen LogP contribution in [0.15, 0.2) is 42.5 Å². The van der Waals surface area contributed by atoms with Gasteiger partial charge in [-0.2, -0.15) is 4.98 Å². The van der Waals surface area contributed by atoms with E-state index in [9.17, 15) is 4.39 Å². The second-order valence-electron chi connectivity index (χ2n) is 8.33. The van der Waals surface area contributed by atoms with Gasteiger partial charge in [-0.1, -0.05) is 25.6 Å². The Hall–Kier alpha value is -2.93. The van der Waals surface area contributed by atoms with E-state index in [1.165, 1.54) is 7.11 Å². The van der Waals surface area contributed by atoms with Crippen molar-refractivity contribution in [1.82, 2.24) is 15.3 Å². The van der Waals surface area contributed by atoms with Crippen LogP contribution in [0.1, 0.15) is 38.7 Å². The average Bonchev–Trinajstić information content (AvgIpc) is 2.78. The molecule has 0 atom stereocenters. The number of halogens is 1. The molecule has 2 aromatic carbocycles. The summed E-state index contributed by atoms with van der Waals surface area (Å²) in [7, 11) is 5.49. The Labute approximate surface area is 190 Å². The number of benzene rings is 2. The first-order chi connectivity index (χ1) is 15.0. The van der Waals surface area contributed by atoms with Crippen molar-refractivity contribution in [3.63, 3.8) is 0 Å². The van der Waals surface area contributed by atoms with E-state index in [1.54, 1.807) is 12.1 Å². The Morgan fingerprint density at radius 2 is 1.75 bits per heavy atom. The molecule has 3 aromatic rings. The van der Waals surface area contributed by atoms with Crippen molar-refractivity contribution in [2.75, 3.05) is 31.4 Å².